The van der Waals surface area contributed by atoms with Crippen LogP contribution in [0.15, 0.2) is 47.4 Å². The van der Waals surface area contributed by atoms with Crippen molar-refractivity contribution in [3.8, 4) is 5.75 Å². The Morgan fingerprint density at radius 3 is 2.59 bits per heavy atom. The highest BCUT2D eigenvalue weighted by atomic mass is 35.5. The molecule has 2 amide bonds. The first-order valence-corrected chi connectivity index (χ1v) is 12.1. The first-order valence-electron chi connectivity index (χ1n) is 10.3. The summed E-state index contributed by atoms with van der Waals surface area (Å²) in [7, 11) is -2.17. The van der Waals surface area contributed by atoms with Gasteiger partial charge in [0.2, 0.25) is 21.8 Å². The standard InChI is InChI=1S/C22H26ClN3O5S/c1-4-25(5-2)32(29,30)18-9-10-19(23)20(13-18)24-22(28)15-11-21(27)26(14-15)16-7-6-8-17(12-16)31-3/h6-10,12-13,15H,4-5,11,14H2,1-3H3,(H,24,28). The molecule has 1 N–H and O–H groups in total. The number of nitrogens with zero attached hydrogens (tertiary/aromatic N) is 2. The van der Waals surface area contributed by atoms with Crippen molar-refractivity contribution in [3.05, 3.63) is 47.5 Å². The van der Waals surface area contributed by atoms with Crippen molar-refractivity contribution >= 4 is 44.8 Å². The first kappa shape index (κ1) is 24.0. The number of amides is 2. The van der Waals surface area contributed by atoms with E-state index in [1.807, 2.05) is 0 Å². The van der Waals surface area contributed by atoms with Gasteiger partial charge in [-0.1, -0.05) is 31.5 Å². The Hall–Kier alpha value is -2.62. The number of rotatable bonds is 8. The maximum absolute atomic E-state index is 12.9. The van der Waals surface area contributed by atoms with Gasteiger partial charge in [0.1, 0.15) is 5.75 Å². The smallest absolute Gasteiger partial charge is 0.243 e. The van der Waals surface area contributed by atoms with E-state index in [2.05, 4.69) is 5.32 Å². The van der Waals surface area contributed by atoms with Crippen LogP contribution in [-0.2, 0) is 19.6 Å². The molecular formula is C22H26ClN3O5S. The minimum absolute atomic E-state index is 0.0398. The minimum atomic E-state index is -3.71. The number of hydrogen-bond donors (Lipinski definition) is 1. The quantitative estimate of drug-likeness (QED) is 0.626. The zero-order chi connectivity index (χ0) is 23.5. The summed E-state index contributed by atoms with van der Waals surface area (Å²) in [6, 6.07) is 11.3. The van der Waals surface area contributed by atoms with E-state index >= 15 is 0 Å². The lowest BCUT2D eigenvalue weighted by molar-refractivity contribution is -0.122. The second-order valence-corrected chi connectivity index (χ2v) is 9.67. The summed E-state index contributed by atoms with van der Waals surface area (Å²) in [5, 5.41) is 2.91. The number of anilines is 2. The van der Waals surface area contributed by atoms with Crippen LogP contribution < -0.4 is 15.0 Å². The predicted molar refractivity (Wildman–Crippen MR) is 124 cm³/mol. The van der Waals surface area contributed by atoms with E-state index in [1.54, 1.807) is 45.2 Å². The molecule has 1 aliphatic rings. The Bertz CT molecular complexity index is 1120. The molecule has 0 bridgehead atoms. The van der Waals surface area contributed by atoms with Crippen molar-refractivity contribution in [1.29, 1.82) is 0 Å². The van der Waals surface area contributed by atoms with Gasteiger partial charge in [-0.25, -0.2) is 8.42 Å². The van der Waals surface area contributed by atoms with Gasteiger partial charge in [0.05, 0.1) is 28.6 Å². The molecular weight excluding hydrogens is 454 g/mol. The number of halogens is 1. The molecule has 1 saturated heterocycles. The van der Waals surface area contributed by atoms with E-state index in [9.17, 15) is 18.0 Å². The van der Waals surface area contributed by atoms with Crippen LogP contribution in [0.1, 0.15) is 20.3 Å². The summed E-state index contributed by atoms with van der Waals surface area (Å²) in [5.74, 6) is -0.570. The number of ether oxygens (including phenoxy) is 1. The summed E-state index contributed by atoms with van der Waals surface area (Å²) in [5.41, 5.74) is 0.840. The lowest BCUT2D eigenvalue weighted by Gasteiger charge is -2.20. The van der Waals surface area contributed by atoms with Gasteiger partial charge in [0.15, 0.2) is 0 Å². The molecule has 10 heteroatoms. The molecule has 0 spiro atoms. The van der Waals surface area contributed by atoms with Crippen LogP contribution in [0.2, 0.25) is 5.02 Å². The summed E-state index contributed by atoms with van der Waals surface area (Å²) in [6.07, 6.45) is 0.0398. The zero-order valence-electron chi connectivity index (χ0n) is 18.2. The molecule has 0 aliphatic carbocycles. The monoisotopic (exact) mass is 479 g/mol. The number of carbonyl (C=O) groups excluding carboxylic acids is 2. The SMILES string of the molecule is CCN(CC)S(=O)(=O)c1ccc(Cl)c(NC(=O)C2CC(=O)N(c3cccc(OC)c3)C2)c1. The van der Waals surface area contributed by atoms with Gasteiger partial charge < -0.3 is 15.0 Å². The fourth-order valence-corrected chi connectivity index (χ4v) is 5.27. The second-order valence-electron chi connectivity index (χ2n) is 7.33. The van der Waals surface area contributed by atoms with Crippen molar-refractivity contribution < 1.29 is 22.7 Å². The van der Waals surface area contributed by atoms with Crippen molar-refractivity contribution in [2.24, 2.45) is 5.92 Å². The third kappa shape index (κ3) is 4.90. The summed E-state index contributed by atoms with van der Waals surface area (Å²) in [4.78, 5) is 27.0. The predicted octanol–water partition coefficient (Wildman–Crippen LogP) is 3.37. The second kappa shape index (κ2) is 9.89. The molecule has 0 saturated carbocycles. The van der Waals surface area contributed by atoms with E-state index in [0.29, 0.717) is 24.5 Å². The van der Waals surface area contributed by atoms with Gasteiger partial charge in [-0.2, -0.15) is 4.31 Å². The fraction of sp³-hybridized carbons (Fsp3) is 0.364. The molecule has 3 rings (SSSR count). The number of carbonyl (C=O) groups is 2. The highest BCUT2D eigenvalue weighted by molar-refractivity contribution is 7.89. The van der Waals surface area contributed by atoms with E-state index in [0.717, 1.165) is 0 Å². The topological polar surface area (TPSA) is 96.0 Å². The summed E-state index contributed by atoms with van der Waals surface area (Å²) in [6.45, 7) is 4.36. The van der Waals surface area contributed by atoms with Gasteiger partial charge in [-0.3, -0.25) is 9.59 Å². The largest absolute Gasteiger partial charge is 0.497 e. The van der Waals surface area contributed by atoms with Crippen LogP contribution >= 0.6 is 11.6 Å². The molecule has 0 aromatic heterocycles. The molecule has 1 heterocycles. The zero-order valence-corrected chi connectivity index (χ0v) is 19.7. The summed E-state index contributed by atoms with van der Waals surface area (Å²) >= 11 is 6.22. The summed E-state index contributed by atoms with van der Waals surface area (Å²) < 4.78 is 32.1. The van der Waals surface area contributed by atoms with E-state index in [-0.39, 0.29) is 34.5 Å². The van der Waals surface area contributed by atoms with Crippen LogP contribution in [0.3, 0.4) is 0 Å². The minimum Gasteiger partial charge on any atom is -0.497 e. The van der Waals surface area contributed by atoms with Gasteiger partial charge >= 0.3 is 0 Å². The average Bonchev–Trinajstić information content (AvgIpc) is 3.17. The van der Waals surface area contributed by atoms with E-state index < -0.39 is 21.8 Å². The number of benzene rings is 2. The van der Waals surface area contributed by atoms with Gasteiger partial charge in [-0.15, -0.1) is 0 Å². The molecule has 2 aromatic rings. The van der Waals surface area contributed by atoms with E-state index in [1.165, 1.54) is 27.4 Å². The van der Waals surface area contributed by atoms with Gasteiger partial charge in [-0.05, 0) is 30.3 Å². The van der Waals surface area contributed by atoms with Crippen LogP contribution in [0, 0.1) is 5.92 Å². The third-order valence-corrected chi connectivity index (χ3v) is 7.78. The maximum atomic E-state index is 12.9. The molecule has 1 aliphatic heterocycles. The van der Waals surface area contributed by atoms with Crippen LogP contribution in [0.4, 0.5) is 11.4 Å². The maximum Gasteiger partial charge on any atom is 0.243 e. The highest BCUT2D eigenvalue weighted by Gasteiger charge is 2.35. The number of methoxy groups -OCH3 is 1. The Kier molecular flexibility index (Phi) is 7.43. The Balaban J connectivity index is 1.78. The van der Waals surface area contributed by atoms with Crippen molar-refractivity contribution in [2.45, 2.75) is 25.2 Å². The molecule has 0 radical (unpaired) electrons. The van der Waals surface area contributed by atoms with Crippen molar-refractivity contribution in [2.75, 3.05) is 37.0 Å². The molecule has 1 atom stereocenters. The Morgan fingerprint density at radius 1 is 1.22 bits per heavy atom. The molecule has 2 aromatic carbocycles. The number of hydrogen-bond acceptors (Lipinski definition) is 5. The van der Waals surface area contributed by atoms with Crippen LogP contribution in [0.25, 0.3) is 0 Å². The Labute approximate surface area is 193 Å². The lowest BCUT2D eigenvalue weighted by Crippen LogP contribution is -2.31. The molecule has 1 unspecified atom stereocenters. The third-order valence-electron chi connectivity index (χ3n) is 5.40. The lowest BCUT2D eigenvalue weighted by atomic mass is 10.1. The van der Waals surface area contributed by atoms with Crippen LogP contribution in [-0.4, -0.2) is 51.3 Å². The van der Waals surface area contributed by atoms with Gasteiger partial charge in [0.25, 0.3) is 0 Å². The Morgan fingerprint density at radius 2 is 1.94 bits per heavy atom. The highest BCUT2D eigenvalue weighted by Crippen LogP contribution is 2.31. The average molecular weight is 480 g/mol. The first-order chi connectivity index (χ1) is 15.2. The number of nitrogens with one attached hydrogen (secondary N) is 1. The van der Waals surface area contributed by atoms with E-state index in [4.69, 9.17) is 16.3 Å². The van der Waals surface area contributed by atoms with Crippen LogP contribution in [0.5, 0.6) is 5.75 Å². The van der Waals surface area contributed by atoms with Crippen molar-refractivity contribution in [3.63, 3.8) is 0 Å². The van der Waals surface area contributed by atoms with Crippen molar-refractivity contribution in [1.82, 2.24) is 4.31 Å². The number of sulfonamides is 1. The fourth-order valence-electron chi connectivity index (χ4n) is 3.62. The molecule has 1 fully saturated rings. The molecule has 32 heavy (non-hydrogen) atoms. The molecule has 172 valence electrons. The normalized spacial score (nSPS) is 16.5. The molecule has 8 nitrogen and oxygen atoms in total. The van der Waals surface area contributed by atoms with Gasteiger partial charge in [0, 0.05) is 37.8 Å².